The molecule has 1 atom stereocenters. The van der Waals surface area contributed by atoms with Crippen LogP contribution < -0.4 is 10.1 Å². The van der Waals surface area contributed by atoms with Gasteiger partial charge in [0, 0.05) is 24.2 Å². The number of fused-ring (bicyclic) bond motifs is 1. The van der Waals surface area contributed by atoms with Crippen LogP contribution in [-0.2, 0) is 0 Å². The first-order valence-electron chi connectivity index (χ1n) is 10.7. The number of piperidine rings is 1. The van der Waals surface area contributed by atoms with Crippen molar-refractivity contribution in [2.24, 2.45) is 5.92 Å². The van der Waals surface area contributed by atoms with E-state index in [1.165, 1.54) is 6.42 Å². The number of aryl methyl sites for hydroxylation is 1. The molecule has 1 aromatic heterocycles. The fourth-order valence-electron chi connectivity index (χ4n) is 4.05. The molecule has 0 radical (unpaired) electrons. The third-order valence-corrected chi connectivity index (χ3v) is 5.57. The third kappa shape index (κ3) is 4.40. The SMILES string of the molecule is CCOc1ccc(Nc2cc(C(=O)N3CCCC(C)C3)nc3ccc(C)cc23)cc1. The first-order valence-corrected chi connectivity index (χ1v) is 10.7. The molecule has 1 amide bonds. The molecule has 1 N–H and O–H groups in total. The number of carbonyl (C=O) groups is 1. The summed E-state index contributed by atoms with van der Waals surface area (Å²) in [5, 5.41) is 4.49. The highest BCUT2D eigenvalue weighted by molar-refractivity contribution is 6.00. The van der Waals surface area contributed by atoms with Gasteiger partial charge >= 0.3 is 0 Å². The average molecular weight is 404 g/mol. The maximum atomic E-state index is 13.2. The van der Waals surface area contributed by atoms with Gasteiger partial charge in [-0.25, -0.2) is 4.98 Å². The lowest BCUT2D eigenvalue weighted by atomic mass is 10.00. The fraction of sp³-hybridized carbons (Fsp3) is 0.360. The first-order chi connectivity index (χ1) is 14.5. The van der Waals surface area contributed by atoms with Crippen molar-refractivity contribution in [1.29, 1.82) is 0 Å². The van der Waals surface area contributed by atoms with Crippen LogP contribution >= 0.6 is 0 Å². The summed E-state index contributed by atoms with van der Waals surface area (Å²) in [5.41, 5.74) is 4.31. The van der Waals surface area contributed by atoms with Crippen molar-refractivity contribution in [3.05, 3.63) is 59.8 Å². The minimum atomic E-state index is 0.0127. The molecule has 5 heteroatoms. The van der Waals surface area contributed by atoms with Crippen molar-refractivity contribution in [2.45, 2.75) is 33.6 Å². The molecule has 2 aromatic carbocycles. The molecule has 2 heterocycles. The zero-order chi connectivity index (χ0) is 21.1. The summed E-state index contributed by atoms with van der Waals surface area (Å²) in [5.74, 6) is 1.39. The van der Waals surface area contributed by atoms with Crippen molar-refractivity contribution in [3.63, 3.8) is 0 Å². The van der Waals surface area contributed by atoms with E-state index in [9.17, 15) is 4.79 Å². The number of pyridine rings is 1. The van der Waals surface area contributed by atoms with Crippen molar-refractivity contribution >= 4 is 28.2 Å². The van der Waals surface area contributed by atoms with Crippen LogP contribution in [0.4, 0.5) is 11.4 Å². The van der Waals surface area contributed by atoms with Gasteiger partial charge in [0.15, 0.2) is 0 Å². The Hall–Kier alpha value is -3.08. The lowest BCUT2D eigenvalue weighted by Gasteiger charge is -2.30. The van der Waals surface area contributed by atoms with Gasteiger partial charge in [0.1, 0.15) is 11.4 Å². The van der Waals surface area contributed by atoms with Crippen molar-refractivity contribution in [3.8, 4) is 5.75 Å². The van der Waals surface area contributed by atoms with Gasteiger partial charge in [-0.3, -0.25) is 4.79 Å². The van der Waals surface area contributed by atoms with Crippen LogP contribution in [0.5, 0.6) is 5.75 Å². The van der Waals surface area contributed by atoms with E-state index >= 15 is 0 Å². The predicted molar refractivity (Wildman–Crippen MR) is 122 cm³/mol. The molecule has 30 heavy (non-hydrogen) atoms. The number of anilines is 2. The van der Waals surface area contributed by atoms with Crippen LogP contribution in [0, 0.1) is 12.8 Å². The van der Waals surface area contributed by atoms with E-state index < -0.39 is 0 Å². The summed E-state index contributed by atoms with van der Waals surface area (Å²) in [6.45, 7) is 8.48. The number of hydrogen-bond donors (Lipinski definition) is 1. The monoisotopic (exact) mass is 403 g/mol. The molecule has 0 bridgehead atoms. The van der Waals surface area contributed by atoms with Crippen LogP contribution in [0.15, 0.2) is 48.5 Å². The molecular weight excluding hydrogens is 374 g/mol. The lowest BCUT2D eigenvalue weighted by molar-refractivity contribution is 0.0677. The van der Waals surface area contributed by atoms with Crippen LogP contribution in [0.3, 0.4) is 0 Å². The number of likely N-dealkylation sites (tertiary alicyclic amines) is 1. The lowest BCUT2D eigenvalue weighted by Crippen LogP contribution is -2.39. The molecule has 1 aliphatic rings. The Bertz CT molecular complexity index is 1050. The quantitative estimate of drug-likeness (QED) is 0.606. The van der Waals surface area contributed by atoms with Crippen molar-refractivity contribution < 1.29 is 9.53 Å². The van der Waals surface area contributed by atoms with Gasteiger partial charge in [0.2, 0.25) is 0 Å². The van der Waals surface area contributed by atoms with Gasteiger partial charge in [-0.15, -0.1) is 0 Å². The predicted octanol–water partition coefficient (Wildman–Crippen LogP) is 5.56. The Kier molecular flexibility index (Phi) is 5.88. The largest absolute Gasteiger partial charge is 0.494 e. The standard InChI is InChI=1S/C25H29N3O2/c1-4-30-20-10-8-19(9-11-20)26-23-15-24(25(29)28-13-5-6-18(3)16-28)27-22-12-7-17(2)14-21(22)23/h7-12,14-15,18H,4-6,13,16H2,1-3H3,(H,26,27). The second-order valence-electron chi connectivity index (χ2n) is 8.16. The average Bonchev–Trinajstić information content (AvgIpc) is 2.75. The molecular formula is C25H29N3O2. The van der Waals surface area contributed by atoms with E-state index in [1.807, 2.05) is 54.3 Å². The summed E-state index contributed by atoms with van der Waals surface area (Å²) < 4.78 is 5.54. The number of rotatable bonds is 5. The summed E-state index contributed by atoms with van der Waals surface area (Å²) >= 11 is 0. The van der Waals surface area contributed by atoms with E-state index in [0.717, 1.165) is 53.1 Å². The second-order valence-corrected chi connectivity index (χ2v) is 8.16. The Balaban J connectivity index is 1.69. The number of hydrogen-bond acceptors (Lipinski definition) is 4. The summed E-state index contributed by atoms with van der Waals surface area (Å²) in [6.07, 6.45) is 2.23. The molecule has 3 aromatic rings. The Morgan fingerprint density at radius 2 is 2.00 bits per heavy atom. The van der Waals surface area contributed by atoms with E-state index in [2.05, 4.69) is 25.2 Å². The molecule has 1 unspecified atom stereocenters. The number of carbonyl (C=O) groups excluding carboxylic acids is 1. The van der Waals surface area contributed by atoms with Gasteiger partial charge < -0.3 is 15.0 Å². The highest BCUT2D eigenvalue weighted by Crippen LogP contribution is 2.29. The molecule has 0 saturated carbocycles. The topological polar surface area (TPSA) is 54.5 Å². The van der Waals surface area contributed by atoms with Gasteiger partial charge in [-0.2, -0.15) is 0 Å². The minimum absolute atomic E-state index is 0.0127. The second kappa shape index (κ2) is 8.74. The minimum Gasteiger partial charge on any atom is -0.494 e. The molecule has 1 fully saturated rings. The van der Waals surface area contributed by atoms with Gasteiger partial charge in [0.25, 0.3) is 5.91 Å². The summed E-state index contributed by atoms with van der Waals surface area (Å²) in [6, 6.07) is 15.9. The van der Waals surface area contributed by atoms with E-state index in [1.54, 1.807) is 0 Å². The molecule has 4 rings (SSSR count). The zero-order valence-corrected chi connectivity index (χ0v) is 17.9. The third-order valence-electron chi connectivity index (χ3n) is 5.57. The maximum absolute atomic E-state index is 13.2. The normalized spacial score (nSPS) is 16.5. The zero-order valence-electron chi connectivity index (χ0n) is 17.9. The van der Waals surface area contributed by atoms with E-state index in [4.69, 9.17) is 9.72 Å². The highest BCUT2D eigenvalue weighted by atomic mass is 16.5. The van der Waals surface area contributed by atoms with E-state index in [-0.39, 0.29) is 5.91 Å². The Morgan fingerprint density at radius 3 is 2.73 bits per heavy atom. The number of ether oxygens (including phenoxy) is 1. The van der Waals surface area contributed by atoms with Crippen LogP contribution in [-0.4, -0.2) is 35.5 Å². The summed E-state index contributed by atoms with van der Waals surface area (Å²) in [4.78, 5) is 19.8. The number of nitrogens with zero attached hydrogens (tertiary/aromatic N) is 2. The van der Waals surface area contributed by atoms with Crippen molar-refractivity contribution in [1.82, 2.24) is 9.88 Å². The molecule has 5 nitrogen and oxygen atoms in total. The van der Waals surface area contributed by atoms with Gasteiger partial charge in [0.05, 0.1) is 17.8 Å². The smallest absolute Gasteiger partial charge is 0.272 e. The van der Waals surface area contributed by atoms with Crippen molar-refractivity contribution in [2.75, 3.05) is 25.0 Å². The first kappa shape index (κ1) is 20.2. The molecule has 0 spiro atoms. The van der Waals surface area contributed by atoms with Crippen LogP contribution in [0.2, 0.25) is 0 Å². The van der Waals surface area contributed by atoms with Gasteiger partial charge in [-0.1, -0.05) is 18.6 Å². The van der Waals surface area contributed by atoms with Gasteiger partial charge in [-0.05, 0) is 75.1 Å². The molecule has 1 aliphatic heterocycles. The van der Waals surface area contributed by atoms with E-state index in [0.29, 0.717) is 18.2 Å². The highest BCUT2D eigenvalue weighted by Gasteiger charge is 2.24. The molecule has 156 valence electrons. The number of amides is 1. The number of nitrogens with one attached hydrogen (secondary N) is 1. The van der Waals surface area contributed by atoms with Crippen LogP contribution in [0.1, 0.15) is 42.7 Å². The maximum Gasteiger partial charge on any atom is 0.272 e. The summed E-state index contributed by atoms with van der Waals surface area (Å²) in [7, 11) is 0. The number of aromatic nitrogens is 1. The fourth-order valence-corrected chi connectivity index (χ4v) is 4.05. The van der Waals surface area contributed by atoms with Crippen LogP contribution in [0.25, 0.3) is 10.9 Å². The number of benzene rings is 2. The Labute approximate surface area is 178 Å². The molecule has 1 saturated heterocycles. The molecule has 0 aliphatic carbocycles. The Morgan fingerprint density at radius 1 is 1.20 bits per heavy atom.